The van der Waals surface area contributed by atoms with E-state index >= 15 is 0 Å². The molecule has 7 nitrogen and oxygen atoms in total. The second-order valence-corrected chi connectivity index (χ2v) is 8.78. The third-order valence-corrected chi connectivity index (χ3v) is 6.44. The van der Waals surface area contributed by atoms with Gasteiger partial charge in [0.25, 0.3) is 11.7 Å². The molecule has 0 aromatic heterocycles. The minimum atomic E-state index is -0.858. The molecule has 1 saturated heterocycles. The first-order chi connectivity index (χ1) is 16.9. The first-order valence-corrected chi connectivity index (χ1v) is 11.6. The average Bonchev–Trinajstić information content (AvgIpc) is 3.13. The number of carbonyl (C=O) groups is 2. The third-order valence-electron chi connectivity index (χ3n) is 5.91. The van der Waals surface area contributed by atoms with Gasteiger partial charge in [-0.15, -0.1) is 0 Å². The highest BCUT2D eigenvalue weighted by atomic mass is 79.9. The van der Waals surface area contributed by atoms with Crippen molar-refractivity contribution in [3.8, 4) is 17.2 Å². The molecule has 1 aliphatic heterocycles. The zero-order valence-corrected chi connectivity index (χ0v) is 21.0. The lowest BCUT2D eigenvalue weighted by molar-refractivity contribution is -0.140. The summed E-state index contributed by atoms with van der Waals surface area (Å²) >= 11 is 3.37. The fourth-order valence-electron chi connectivity index (χ4n) is 4.19. The molecule has 1 heterocycles. The van der Waals surface area contributed by atoms with Crippen LogP contribution in [0.15, 0.2) is 76.8 Å². The summed E-state index contributed by atoms with van der Waals surface area (Å²) in [4.78, 5) is 28.0. The van der Waals surface area contributed by atoms with Crippen LogP contribution in [0.25, 0.3) is 5.76 Å². The van der Waals surface area contributed by atoms with Gasteiger partial charge < -0.3 is 24.2 Å². The van der Waals surface area contributed by atoms with Crippen LogP contribution in [0.3, 0.4) is 0 Å². The smallest absolute Gasteiger partial charge is 0.295 e. The monoisotopic (exact) mass is 537 g/mol. The molecule has 1 N–H and O–H groups in total. The first-order valence-electron chi connectivity index (χ1n) is 10.8. The molecule has 0 saturated carbocycles. The topological polar surface area (TPSA) is 85.3 Å². The molecule has 180 valence electrons. The predicted molar refractivity (Wildman–Crippen MR) is 135 cm³/mol. The summed E-state index contributed by atoms with van der Waals surface area (Å²) in [5.41, 5.74) is 1.75. The third kappa shape index (κ3) is 4.61. The molecule has 3 aromatic carbocycles. The molecule has 1 fully saturated rings. The van der Waals surface area contributed by atoms with E-state index in [1.54, 1.807) is 55.6 Å². The van der Waals surface area contributed by atoms with Crippen LogP contribution in [-0.2, 0) is 16.1 Å². The van der Waals surface area contributed by atoms with E-state index in [2.05, 4.69) is 15.9 Å². The SMILES string of the molecule is COc1ccccc1CN1C(=O)C(=O)/C(=C(\O)c2ccc(Br)cc2)C1c1ccc(OC)c(OC)c1. The summed E-state index contributed by atoms with van der Waals surface area (Å²) in [5, 5.41) is 11.2. The van der Waals surface area contributed by atoms with Crippen LogP contribution in [0.5, 0.6) is 17.2 Å². The quantitative estimate of drug-likeness (QED) is 0.256. The Morgan fingerprint density at radius 1 is 0.886 bits per heavy atom. The van der Waals surface area contributed by atoms with Crippen molar-refractivity contribution in [1.82, 2.24) is 4.90 Å². The van der Waals surface area contributed by atoms with Gasteiger partial charge in [0.2, 0.25) is 0 Å². The number of aliphatic hydroxyl groups excluding tert-OH is 1. The molecule has 1 unspecified atom stereocenters. The summed E-state index contributed by atoms with van der Waals surface area (Å²) in [6, 6.07) is 18.5. The molecule has 3 aromatic rings. The Bertz CT molecular complexity index is 1300. The number of carbonyl (C=O) groups excluding carboxylic acids is 2. The van der Waals surface area contributed by atoms with E-state index < -0.39 is 17.7 Å². The van der Waals surface area contributed by atoms with Gasteiger partial charge in [-0.3, -0.25) is 9.59 Å². The van der Waals surface area contributed by atoms with E-state index in [-0.39, 0.29) is 17.9 Å². The molecule has 0 aliphatic carbocycles. The van der Waals surface area contributed by atoms with Crippen molar-refractivity contribution in [2.24, 2.45) is 0 Å². The van der Waals surface area contributed by atoms with Gasteiger partial charge in [0.15, 0.2) is 11.5 Å². The highest BCUT2D eigenvalue weighted by Crippen LogP contribution is 2.43. The Labute approximate surface area is 211 Å². The van der Waals surface area contributed by atoms with E-state index in [1.165, 1.54) is 19.1 Å². The Hall–Kier alpha value is -3.78. The van der Waals surface area contributed by atoms with E-state index in [4.69, 9.17) is 14.2 Å². The Morgan fingerprint density at radius 2 is 1.54 bits per heavy atom. The van der Waals surface area contributed by atoms with Gasteiger partial charge in [-0.05, 0) is 35.9 Å². The number of hydrogen-bond acceptors (Lipinski definition) is 6. The van der Waals surface area contributed by atoms with E-state index in [9.17, 15) is 14.7 Å². The minimum absolute atomic E-state index is 0.000518. The number of para-hydroxylation sites is 1. The van der Waals surface area contributed by atoms with Crippen molar-refractivity contribution < 1.29 is 28.9 Å². The van der Waals surface area contributed by atoms with E-state index in [0.717, 1.165) is 10.0 Å². The minimum Gasteiger partial charge on any atom is -0.507 e. The highest BCUT2D eigenvalue weighted by molar-refractivity contribution is 9.10. The van der Waals surface area contributed by atoms with Crippen LogP contribution in [0.4, 0.5) is 0 Å². The van der Waals surface area contributed by atoms with Gasteiger partial charge in [0.1, 0.15) is 11.5 Å². The van der Waals surface area contributed by atoms with Gasteiger partial charge in [-0.25, -0.2) is 0 Å². The standard InChI is InChI=1S/C27H24BrNO6/c1-33-20-7-5-4-6-18(20)15-29-24(17-10-13-21(34-2)22(14-17)35-3)23(26(31)27(29)32)25(30)16-8-11-19(28)12-9-16/h4-14,24,30H,15H2,1-3H3/b25-23-. The number of ether oxygens (including phenoxy) is 3. The van der Waals surface area contributed by atoms with Gasteiger partial charge in [-0.2, -0.15) is 0 Å². The number of likely N-dealkylation sites (tertiary alicyclic amines) is 1. The van der Waals surface area contributed by atoms with Crippen LogP contribution in [0, 0.1) is 0 Å². The predicted octanol–water partition coefficient (Wildman–Crippen LogP) is 5.10. The number of benzene rings is 3. The Morgan fingerprint density at radius 3 is 2.20 bits per heavy atom. The maximum atomic E-state index is 13.3. The number of amides is 1. The number of rotatable bonds is 7. The molecule has 1 aliphatic rings. The maximum Gasteiger partial charge on any atom is 0.295 e. The van der Waals surface area contributed by atoms with Crippen LogP contribution in [0.2, 0.25) is 0 Å². The molecule has 35 heavy (non-hydrogen) atoms. The summed E-state index contributed by atoms with van der Waals surface area (Å²) < 4.78 is 17.1. The van der Waals surface area contributed by atoms with Gasteiger partial charge in [0.05, 0.1) is 39.5 Å². The van der Waals surface area contributed by atoms with Crippen LogP contribution < -0.4 is 14.2 Å². The second-order valence-electron chi connectivity index (χ2n) is 7.86. The lowest BCUT2D eigenvalue weighted by atomic mass is 9.94. The lowest BCUT2D eigenvalue weighted by Gasteiger charge is -2.26. The van der Waals surface area contributed by atoms with E-state index in [0.29, 0.717) is 28.4 Å². The first kappa shape index (κ1) is 24.3. The van der Waals surface area contributed by atoms with Crippen molar-refractivity contribution in [3.05, 3.63) is 93.5 Å². The summed E-state index contributed by atoms with van der Waals surface area (Å²) in [7, 11) is 4.58. The van der Waals surface area contributed by atoms with E-state index in [1.807, 2.05) is 18.2 Å². The molecular formula is C27H24BrNO6. The normalized spacial score (nSPS) is 16.9. The number of ketones is 1. The molecule has 0 spiro atoms. The van der Waals surface area contributed by atoms with Crippen molar-refractivity contribution >= 4 is 33.4 Å². The average molecular weight is 538 g/mol. The van der Waals surface area contributed by atoms with Crippen molar-refractivity contribution in [2.75, 3.05) is 21.3 Å². The van der Waals surface area contributed by atoms with Crippen LogP contribution in [0.1, 0.15) is 22.7 Å². The number of halogens is 1. The van der Waals surface area contributed by atoms with Gasteiger partial charge in [0, 0.05) is 15.6 Å². The maximum absolute atomic E-state index is 13.3. The summed E-state index contributed by atoms with van der Waals surface area (Å²) in [6.45, 7) is 0.102. The molecule has 8 heteroatoms. The molecule has 0 radical (unpaired) electrons. The fourth-order valence-corrected chi connectivity index (χ4v) is 4.46. The van der Waals surface area contributed by atoms with Gasteiger partial charge in [-0.1, -0.05) is 52.3 Å². The van der Waals surface area contributed by atoms with Crippen molar-refractivity contribution in [1.29, 1.82) is 0 Å². The molecule has 4 rings (SSSR count). The van der Waals surface area contributed by atoms with Crippen LogP contribution in [-0.4, -0.2) is 43.0 Å². The van der Waals surface area contributed by atoms with Gasteiger partial charge >= 0.3 is 0 Å². The summed E-state index contributed by atoms with van der Waals surface area (Å²) in [5.74, 6) is -0.191. The number of aliphatic hydroxyl groups is 1. The highest BCUT2D eigenvalue weighted by Gasteiger charge is 2.46. The largest absolute Gasteiger partial charge is 0.507 e. The van der Waals surface area contributed by atoms with Crippen molar-refractivity contribution in [3.63, 3.8) is 0 Å². The zero-order valence-electron chi connectivity index (χ0n) is 19.4. The summed E-state index contributed by atoms with van der Waals surface area (Å²) in [6.07, 6.45) is 0. The molecule has 1 atom stereocenters. The van der Waals surface area contributed by atoms with Crippen molar-refractivity contribution in [2.45, 2.75) is 12.6 Å². The number of Topliss-reactive ketones (excluding diaryl/α,β-unsaturated/α-hetero) is 1. The number of nitrogens with zero attached hydrogens (tertiary/aromatic N) is 1. The molecule has 0 bridgehead atoms. The zero-order chi connectivity index (χ0) is 25.1. The molecule has 1 amide bonds. The van der Waals surface area contributed by atoms with Crippen LogP contribution >= 0.6 is 15.9 Å². The number of hydrogen-bond donors (Lipinski definition) is 1. The lowest BCUT2D eigenvalue weighted by Crippen LogP contribution is -2.29. The Kier molecular flexibility index (Phi) is 7.12. The molecular weight excluding hydrogens is 514 g/mol. The number of methoxy groups -OCH3 is 3. The fraction of sp³-hybridized carbons (Fsp3) is 0.185. The second kappa shape index (κ2) is 10.2. The Balaban J connectivity index is 1.90.